The summed E-state index contributed by atoms with van der Waals surface area (Å²) in [6, 6.07) is 7.97. The molecular weight excluding hydrogens is 174 g/mol. The Morgan fingerprint density at radius 2 is 2.21 bits per heavy atom. The number of rotatable bonds is 4. The molecule has 14 heavy (non-hydrogen) atoms. The molecule has 0 atom stereocenters. The van der Waals surface area contributed by atoms with E-state index in [1.807, 2.05) is 18.2 Å². The van der Waals surface area contributed by atoms with Crippen molar-refractivity contribution in [3.63, 3.8) is 0 Å². The maximum atomic E-state index is 8.75. The Balaban J connectivity index is 2.70. The van der Waals surface area contributed by atoms with E-state index in [4.69, 9.17) is 10.00 Å². The highest BCUT2D eigenvalue weighted by molar-refractivity contribution is 5.37. The summed E-state index contributed by atoms with van der Waals surface area (Å²) in [5.41, 5.74) is 3.24. The van der Waals surface area contributed by atoms with Crippen molar-refractivity contribution in [2.75, 3.05) is 13.7 Å². The van der Waals surface area contributed by atoms with Gasteiger partial charge in [-0.1, -0.05) is 6.07 Å². The highest BCUT2D eigenvalue weighted by atomic mass is 16.5. The van der Waals surface area contributed by atoms with Crippen LogP contribution in [0.25, 0.3) is 0 Å². The summed E-state index contributed by atoms with van der Waals surface area (Å²) in [7, 11) is 1.71. The van der Waals surface area contributed by atoms with E-state index in [0.717, 1.165) is 25.0 Å². The third-order valence-electron chi connectivity index (χ3n) is 2.27. The van der Waals surface area contributed by atoms with E-state index in [1.165, 1.54) is 11.1 Å². The average Bonchev–Trinajstić information content (AvgIpc) is 2.21. The molecule has 0 aliphatic carbocycles. The van der Waals surface area contributed by atoms with Crippen LogP contribution >= 0.6 is 0 Å². The Bertz CT molecular complexity index is 339. The second-order valence-corrected chi connectivity index (χ2v) is 3.35. The third-order valence-corrected chi connectivity index (χ3v) is 2.27. The Labute approximate surface area is 85.1 Å². The number of ether oxygens (including phenoxy) is 1. The van der Waals surface area contributed by atoms with Crippen LogP contribution in [-0.4, -0.2) is 13.7 Å². The molecule has 0 aliphatic rings. The van der Waals surface area contributed by atoms with Gasteiger partial charge in [0, 0.05) is 13.7 Å². The van der Waals surface area contributed by atoms with Crippen molar-refractivity contribution in [3.05, 3.63) is 34.9 Å². The molecule has 1 rings (SSSR count). The fraction of sp³-hybridized carbons (Fsp3) is 0.417. The zero-order valence-corrected chi connectivity index (χ0v) is 8.71. The summed E-state index contributed by atoms with van der Waals surface area (Å²) in [6.45, 7) is 2.85. The summed E-state index contributed by atoms with van der Waals surface area (Å²) in [5, 5.41) is 8.75. The lowest BCUT2D eigenvalue weighted by atomic mass is 10.0. The largest absolute Gasteiger partial charge is 0.385 e. The molecule has 0 saturated carbocycles. The van der Waals surface area contributed by atoms with E-state index in [9.17, 15) is 0 Å². The molecule has 2 heteroatoms. The van der Waals surface area contributed by atoms with Gasteiger partial charge in [-0.15, -0.1) is 0 Å². The fourth-order valence-corrected chi connectivity index (χ4v) is 1.42. The van der Waals surface area contributed by atoms with Gasteiger partial charge in [-0.25, -0.2) is 0 Å². The van der Waals surface area contributed by atoms with Crippen LogP contribution in [0.1, 0.15) is 23.1 Å². The molecule has 0 unspecified atom stereocenters. The number of hydrogen-bond donors (Lipinski definition) is 0. The Morgan fingerprint density at radius 1 is 1.43 bits per heavy atom. The van der Waals surface area contributed by atoms with Gasteiger partial charge in [0.15, 0.2) is 0 Å². The first-order valence-electron chi connectivity index (χ1n) is 4.76. The van der Waals surface area contributed by atoms with Crippen LogP contribution in [0.4, 0.5) is 0 Å². The van der Waals surface area contributed by atoms with Crippen LogP contribution in [0.3, 0.4) is 0 Å². The highest BCUT2D eigenvalue weighted by Crippen LogP contribution is 2.12. The van der Waals surface area contributed by atoms with E-state index in [2.05, 4.69) is 13.0 Å². The first-order valence-corrected chi connectivity index (χ1v) is 4.76. The van der Waals surface area contributed by atoms with E-state index >= 15 is 0 Å². The van der Waals surface area contributed by atoms with Gasteiger partial charge in [0.05, 0.1) is 11.6 Å². The van der Waals surface area contributed by atoms with Crippen molar-refractivity contribution in [1.29, 1.82) is 5.26 Å². The minimum Gasteiger partial charge on any atom is -0.385 e. The number of benzene rings is 1. The molecule has 0 fully saturated rings. The molecule has 1 aromatic carbocycles. The second kappa shape index (κ2) is 5.41. The van der Waals surface area contributed by atoms with Gasteiger partial charge in [0.2, 0.25) is 0 Å². The zero-order chi connectivity index (χ0) is 10.4. The molecular formula is C12H15NO. The quantitative estimate of drug-likeness (QED) is 0.681. The average molecular weight is 189 g/mol. The molecule has 0 aromatic heterocycles. The number of nitrogens with zero attached hydrogens (tertiary/aromatic N) is 1. The SMILES string of the molecule is COCCCc1cc(C#N)ccc1C. The van der Waals surface area contributed by atoms with Crippen molar-refractivity contribution in [3.8, 4) is 6.07 Å². The van der Waals surface area contributed by atoms with E-state index in [-0.39, 0.29) is 0 Å². The predicted octanol–water partition coefficient (Wildman–Crippen LogP) is 2.45. The summed E-state index contributed by atoms with van der Waals surface area (Å²) >= 11 is 0. The summed E-state index contributed by atoms with van der Waals surface area (Å²) in [5.74, 6) is 0. The molecule has 0 aliphatic heterocycles. The highest BCUT2D eigenvalue weighted by Gasteiger charge is 1.99. The van der Waals surface area contributed by atoms with E-state index in [0.29, 0.717) is 0 Å². The second-order valence-electron chi connectivity index (χ2n) is 3.35. The zero-order valence-electron chi connectivity index (χ0n) is 8.71. The van der Waals surface area contributed by atoms with Crippen molar-refractivity contribution >= 4 is 0 Å². The van der Waals surface area contributed by atoms with Crippen molar-refractivity contribution < 1.29 is 4.74 Å². The summed E-state index contributed by atoms with van der Waals surface area (Å²) in [6.07, 6.45) is 1.99. The molecule has 74 valence electrons. The van der Waals surface area contributed by atoms with Gasteiger partial charge in [0.25, 0.3) is 0 Å². The smallest absolute Gasteiger partial charge is 0.0991 e. The number of nitriles is 1. The number of aryl methyl sites for hydroxylation is 2. The maximum absolute atomic E-state index is 8.75. The van der Waals surface area contributed by atoms with Gasteiger partial charge in [-0.05, 0) is 43.0 Å². The Morgan fingerprint density at radius 3 is 2.86 bits per heavy atom. The monoisotopic (exact) mass is 189 g/mol. The summed E-state index contributed by atoms with van der Waals surface area (Å²) in [4.78, 5) is 0. The van der Waals surface area contributed by atoms with Gasteiger partial charge in [0.1, 0.15) is 0 Å². The molecule has 0 N–H and O–H groups in total. The van der Waals surface area contributed by atoms with Crippen molar-refractivity contribution in [2.24, 2.45) is 0 Å². The number of methoxy groups -OCH3 is 1. The molecule has 0 amide bonds. The first-order chi connectivity index (χ1) is 6.77. The van der Waals surface area contributed by atoms with Crippen LogP contribution in [0.2, 0.25) is 0 Å². The van der Waals surface area contributed by atoms with Crippen LogP contribution < -0.4 is 0 Å². The van der Waals surface area contributed by atoms with E-state index in [1.54, 1.807) is 7.11 Å². The molecule has 0 radical (unpaired) electrons. The third kappa shape index (κ3) is 2.86. The standard InChI is InChI=1S/C12H15NO/c1-10-5-6-11(9-13)8-12(10)4-3-7-14-2/h5-6,8H,3-4,7H2,1-2H3. The molecule has 0 spiro atoms. The Hall–Kier alpha value is -1.33. The van der Waals surface area contributed by atoms with Crippen LogP contribution in [0.15, 0.2) is 18.2 Å². The first kappa shape index (κ1) is 10.7. The topological polar surface area (TPSA) is 33.0 Å². The fourth-order valence-electron chi connectivity index (χ4n) is 1.42. The lowest BCUT2D eigenvalue weighted by Crippen LogP contribution is -1.95. The van der Waals surface area contributed by atoms with E-state index < -0.39 is 0 Å². The van der Waals surface area contributed by atoms with Gasteiger partial charge in [-0.3, -0.25) is 0 Å². The lowest BCUT2D eigenvalue weighted by Gasteiger charge is -2.05. The molecule has 1 aromatic rings. The van der Waals surface area contributed by atoms with Gasteiger partial charge >= 0.3 is 0 Å². The van der Waals surface area contributed by atoms with Gasteiger partial charge < -0.3 is 4.74 Å². The van der Waals surface area contributed by atoms with Crippen molar-refractivity contribution in [1.82, 2.24) is 0 Å². The van der Waals surface area contributed by atoms with Crippen LogP contribution in [0, 0.1) is 18.3 Å². The number of hydrogen-bond acceptors (Lipinski definition) is 2. The van der Waals surface area contributed by atoms with Crippen LogP contribution in [-0.2, 0) is 11.2 Å². The normalized spacial score (nSPS) is 9.79. The lowest BCUT2D eigenvalue weighted by molar-refractivity contribution is 0.195. The van der Waals surface area contributed by atoms with Gasteiger partial charge in [-0.2, -0.15) is 5.26 Å². The van der Waals surface area contributed by atoms with Crippen LogP contribution in [0.5, 0.6) is 0 Å². The molecule has 2 nitrogen and oxygen atoms in total. The molecule has 0 bridgehead atoms. The van der Waals surface area contributed by atoms with Crippen molar-refractivity contribution in [2.45, 2.75) is 19.8 Å². The molecule has 0 saturated heterocycles. The minimum absolute atomic E-state index is 0.739. The maximum Gasteiger partial charge on any atom is 0.0991 e. The summed E-state index contributed by atoms with van der Waals surface area (Å²) < 4.78 is 4.99. The molecule has 0 heterocycles. The predicted molar refractivity (Wildman–Crippen MR) is 56.1 cm³/mol. The Kier molecular flexibility index (Phi) is 4.15. The minimum atomic E-state index is 0.739.